The minimum Gasteiger partial charge on any atom is -0.487 e. The van der Waals surface area contributed by atoms with Gasteiger partial charge in [0.1, 0.15) is 16.7 Å². The first kappa shape index (κ1) is 25.2. The number of likely N-dealkylation sites (N-methyl/N-ethyl adjacent to an activating group) is 1. The second-order valence-electron chi connectivity index (χ2n) is 9.20. The van der Waals surface area contributed by atoms with Gasteiger partial charge in [-0.25, -0.2) is 8.42 Å². The van der Waals surface area contributed by atoms with E-state index >= 15 is 0 Å². The van der Waals surface area contributed by atoms with Crippen LogP contribution in [0.2, 0.25) is 0 Å². The molecule has 1 aliphatic rings. The molecule has 0 saturated carbocycles. The smallest absolute Gasteiger partial charge is 0.247 e. The maximum atomic E-state index is 13.6. The van der Waals surface area contributed by atoms with Crippen molar-refractivity contribution in [3.8, 4) is 16.9 Å². The summed E-state index contributed by atoms with van der Waals surface area (Å²) in [5.74, 6) is 0.193. The molecule has 0 spiro atoms. The standard InChI is InChI=1S/C26H32N4O4S/c1-19-15-30(20(2)18-31)35(32,33)26-9-8-22(23-7-5-11-28-14-23)12-24(26)34-25(19)17-29(3)16-21-6-4-10-27-13-21/h4-14,19-20,25,31H,15-18H2,1-3H3/t19-,20+,25+/m0/s1. The predicted molar refractivity (Wildman–Crippen MR) is 134 cm³/mol. The van der Waals surface area contributed by atoms with E-state index in [1.807, 2.05) is 44.4 Å². The summed E-state index contributed by atoms with van der Waals surface area (Å²) in [6.07, 6.45) is 6.75. The molecule has 4 rings (SSSR count). The molecule has 0 saturated heterocycles. The van der Waals surface area contributed by atoms with E-state index in [4.69, 9.17) is 4.74 Å². The lowest BCUT2D eigenvalue weighted by Gasteiger charge is -2.37. The Morgan fingerprint density at radius 3 is 2.54 bits per heavy atom. The molecule has 8 nitrogen and oxygen atoms in total. The third-order valence-electron chi connectivity index (χ3n) is 6.33. The number of benzene rings is 1. The van der Waals surface area contributed by atoms with Gasteiger partial charge in [0.2, 0.25) is 10.0 Å². The Labute approximate surface area is 207 Å². The quantitative estimate of drug-likeness (QED) is 0.537. The van der Waals surface area contributed by atoms with E-state index in [-0.39, 0.29) is 30.1 Å². The third kappa shape index (κ3) is 5.70. The lowest BCUT2D eigenvalue weighted by atomic mass is 10.0. The summed E-state index contributed by atoms with van der Waals surface area (Å²) in [5.41, 5.74) is 2.78. The Kier molecular flexibility index (Phi) is 7.81. The molecule has 0 bridgehead atoms. The normalized spacial score (nSPS) is 20.9. The number of ether oxygens (including phenoxy) is 1. The summed E-state index contributed by atoms with van der Waals surface area (Å²) in [6.45, 7) is 4.98. The maximum Gasteiger partial charge on any atom is 0.247 e. The van der Waals surface area contributed by atoms with Gasteiger partial charge >= 0.3 is 0 Å². The van der Waals surface area contributed by atoms with E-state index < -0.39 is 16.1 Å². The fourth-order valence-corrected chi connectivity index (χ4v) is 6.16. The molecule has 0 aliphatic carbocycles. The summed E-state index contributed by atoms with van der Waals surface area (Å²) in [5, 5.41) is 9.83. The van der Waals surface area contributed by atoms with E-state index in [9.17, 15) is 13.5 Å². The molecule has 1 aromatic carbocycles. The Morgan fingerprint density at radius 1 is 1.14 bits per heavy atom. The molecule has 2 aromatic heterocycles. The Bertz CT molecular complexity index is 1220. The van der Waals surface area contributed by atoms with Gasteiger partial charge in [-0.15, -0.1) is 0 Å². The van der Waals surface area contributed by atoms with E-state index in [2.05, 4.69) is 14.9 Å². The minimum absolute atomic E-state index is 0.109. The van der Waals surface area contributed by atoms with Crippen LogP contribution in [-0.4, -0.2) is 71.6 Å². The minimum atomic E-state index is -3.88. The summed E-state index contributed by atoms with van der Waals surface area (Å²) in [6, 6.07) is 12.3. The van der Waals surface area contributed by atoms with Gasteiger partial charge in [0.25, 0.3) is 0 Å². The topological polar surface area (TPSA) is 95.9 Å². The van der Waals surface area contributed by atoms with Crippen LogP contribution in [0.5, 0.6) is 5.75 Å². The lowest BCUT2D eigenvalue weighted by Crippen LogP contribution is -2.49. The highest BCUT2D eigenvalue weighted by molar-refractivity contribution is 7.89. The predicted octanol–water partition coefficient (Wildman–Crippen LogP) is 3.04. The number of aliphatic hydroxyl groups excluding tert-OH is 1. The SMILES string of the molecule is C[C@H](CO)N1C[C@H](C)[C@@H](CN(C)Cc2cccnc2)Oc2cc(-c3cccnc3)ccc2S1(=O)=O. The average molecular weight is 497 g/mol. The van der Waals surface area contributed by atoms with Gasteiger partial charge in [-0.1, -0.05) is 25.1 Å². The summed E-state index contributed by atoms with van der Waals surface area (Å²) in [4.78, 5) is 10.6. The molecule has 3 atom stereocenters. The van der Waals surface area contributed by atoms with Gasteiger partial charge in [-0.2, -0.15) is 4.31 Å². The Hall–Kier alpha value is -2.85. The number of pyridine rings is 2. The van der Waals surface area contributed by atoms with Crippen molar-refractivity contribution in [2.45, 2.75) is 37.4 Å². The van der Waals surface area contributed by atoms with Gasteiger partial charge in [-0.3, -0.25) is 14.9 Å². The average Bonchev–Trinajstić information content (AvgIpc) is 2.86. The first-order valence-electron chi connectivity index (χ1n) is 11.7. The van der Waals surface area contributed by atoms with E-state index in [0.29, 0.717) is 18.8 Å². The largest absolute Gasteiger partial charge is 0.487 e. The first-order valence-corrected chi connectivity index (χ1v) is 13.1. The fourth-order valence-electron chi connectivity index (χ4n) is 4.33. The number of sulfonamides is 1. The van der Waals surface area contributed by atoms with E-state index in [1.54, 1.807) is 43.7 Å². The molecule has 1 N–H and O–H groups in total. The van der Waals surface area contributed by atoms with Crippen molar-refractivity contribution in [3.05, 3.63) is 72.8 Å². The van der Waals surface area contributed by atoms with Crippen molar-refractivity contribution in [1.29, 1.82) is 0 Å². The van der Waals surface area contributed by atoms with Crippen LogP contribution in [0, 0.1) is 5.92 Å². The molecule has 3 heterocycles. The molecule has 9 heteroatoms. The molecule has 0 unspecified atom stereocenters. The van der Waals surface area contributed by atoms with E-state index in [0.717, 1.165) is 16.7 Å². The zero-order valence-electron chi connectivity index (χ0n) is 20.3. The van der Waals surface area contributed by atoms with Crippen LogP contribution in [0.15, 0.2) is 72.1 Å². The number of aliphatic hydroxyl groups is 1. The monoisotopic (exact) mass is 496 g/mol. The zero-order chi connectivity index (χ0) is 25.0. The third-order valence-corrected chi connectivity index (χ3v) is 8.35. The number of nitrogens with zero attached hydrogens (tertiary/aromatic N) is 4. The first-order chi connectivity index (χ1) is 16.8. The van der Waals surface area contributed by atoms with Crippen LogP contribution < -0.4 is 4.74 Å². The molecule has 35 heavy (non-hydrogen) atoms. The number of rotatable bonds is 7. The molecule has 3 aromatic rings. The summed E-state index contributed by atoms with van der Waals surface area (Å²) >= 11 is 0. The van der Waals surface area contributed by atoms with Crippen LogP contribution in [0.1, 0.15) is 19.4 Å². The molecule has 0 amide bonds. The van der Waals surface area contributed by atoms with Gasteiger partial charge in [0.05, 0.1) is 6.61 Å². The number of hydrogen-bond donors (Lipinski definition) is 1. The van der Waals surface area contributed by atoms with Gasteiger partial charge in [0, 0.05) is 61.9 Å². The van der Waals surface area contributed by atoms with Gasteiger partial charge < -0.3 is 9.84 Å². The van der Waals surface area contributed by atoms with Crippen LogP contribution in [0.25, 0.3) is 11.1 Å². The van der Waals surface area contributed by atoms with Crippen molar-refractivity contribution in [1.82, 2.24) is 19.2 Å². The molecular formula is C26H32N4O4S. The highest BCUT2D eigenvalue weighted by atomic mass is 32.2. The highest BCUT2D eigenvalue weighted by Gasteiger charge is 2.38. The molecular weight excluding hydrogens is 464 g/mol. The van der Waals surface area contributed by atoms with Gasteiger partial charge in [0.15, 0.2) is 0 Å². The van der Waals surface area contributed by atoms with Crippen LogP contribution in [0.4, 0.5) is 0 Å². The van der Waals surface area contributed by atoms with Crippen LogP contribution >= 0.6 is 0 Å². The zero-order valence-corrected chi connectivity index (χ0v) is 21.1. The maximum absolute atomic E-state index is 13.6. The van der Waals surface area contributed by atoms with Crippen molar-refractivity contribution in [2.24, 2.45) is 5.92 Å². The Balaban J connectivity index is 1.72. The van der Waals surface area contributed by atoms with Crippen molar-refractivity contribution < 1.29 is 18.3 Å². The molecule has 1 aliphatic heterocycles. The van der Waals surface area contributed by atoms with Crippen molar-refractivity contribution in [3.63, 3.8) is 0 Å². The van der Waals surface area contributed by atoms with Crippen molar-refractivity contribution in [2.75, 3.05) is 26.7 Å². The molecule has 186 valence electrons. The Morgan fingerprint density at radius 2 is 1.89 bits per heavy atom. The number of aromatic nitrogens is 2. The molecule has 0 radical (unpaired) electrons. The lowest BCUT2D eigenvalue weighted by molar-refractivity contribution is 0.0734. The van der Waals surface area contributed by atoms with Crippen LogP contribution in [0.3, 0.4) is 0 Å². The van der Waals surface area contributed by atoms with E-state index in [1.165, 1.54) is 4.31 Å². The fraction of sp³-hybridized carbons (Fsp3) is 0.385. The summed E-state index contributed by atoms with van der Waals surface area (Å²) in [7, 11) is -1.86. The summed E-state index contributed by atoms with van der Waals surface area (Å²) < 4.78 is 35.2. The second-order valence-corrected chi connectivity index (χ2v) is 11.1. The number of fused-ring (bicyclic) bond motifs is 1. The number of hydrogen-bond acceptors (Lipinski definition) is 7. The van der Waals surface area contributed by atoms with Gasteiger partial charge in [-0.05, 0) is 49.4 Å². The van der Waals surface area contributed by atoms with Crippen LogP contribution in [-0.2, 0) is 16.6 Å². The highest BCUT2D eigenvalue weighted by Crippen LogP contribution is 2.36. The molecule has 0 fully saturated rings. The second kappa shape index (κ2) is 10.8. The van der Waals surface area contributed by atoms with Crippen molar-refractivity contribution >= 4 is 10.0 Å².